The Labute approximate surface area is 163 Å². The van der Waals surface area contributed by atoms with Gasteiger partial charge in [-0.2, -0.15) is 0 Å². The van der Waals surface area contributed by atoms with E-state index in [2.05, 4.69) is 22.5 Å². The zero-order chi connectivity index (χ0) is 19.5. The molecule has 0 fully saturated rings. The van der Waals surface area contributed by atoms with Crippen molar-refractivity contribution in [2.75, 3.05) is 17.4 Å². The van der Waals surface area contributed by atoms with Crippen LogP contribution in [-0.2, 0) is 6.42 Å². The van der Waals surface area contributed by atoms with Crippen LogP contribution in [0.3, 0.4) is 0 Å². The lowest BCUT2D eigenvalue weighted by atomic mass is 10.1. The molecule has 28 heavy (non-hydrogen) atoms. The highest BCUT2D eigenvalue weighted by atomic mass is 16.7. The van der Waals surface area contributed by atoms with Crippen LogP contribution in [0.1, 0.15) is 28.5 Å². The fourth-order valence-corrected chi connectivity index (χ4v) is 3.15. The van der Waals surface area contributed by atoms with Gasteiger partial charge < -0.3 is 20.1 Å². The highest BCUT2D eigenvalue weighted by molar-refractivity contribution is 6.04. The van der Waals surface area contributed by atoms with Crippen LogP contribution in [0.2, 0.25) is 0 Å². The van der Waals surface area contributed by atoms with E-state index >= 15 is 0 Å². The Hall–Kier alpha value is -3.54. The molecule has 1 aliphatic rings. The number of rotatable bonds is 5. The molecule has 0 radical (unpaired) electrons. The molecule has 1 aliphatic heterocycles. The molecule has 1 aromatic heterocycles. The maximum atomic E-state index is 12.8. The first kappa shape index (κ1) is 17.9. The molecule has 0 atom stereocenters. The Kier molecular flexibility index (Phi) is 4.85. The van der Waals surface area contributed by atoms with Crippen LogP contribution in [0.25, 0.3) is 0 Å². The van der Waals surface area contributed by atoms with Crippen LogP contribution >= 0.6 is 0 Å². The highest BCUT2D eigenvalue weighted by Crippen LogP contribution is 2.35. The molecule has 0 spiro atoms. The van der Waals surface area contributed by atoms with Crippen molar-refractivity contribution in [3.05, 3.63) is 71.5 Å². The van der Waals surface area contributed by atoms with Crippen molar-refractivity contribution in [2.45, 2.75) is 20.3 Å². The van der Waals surface area contributed by atoms with Crippen molar-refractivity contribution in [1.29, 1.82) is 0 Å². The molecule has 1 amide bonds. The van der Waals surface area contributed by atoms with Crippen molar-refractivity contribution in [2.24, 2.45) is 0 Å². The summed E-state index contributed by atoms with van der Waals surface area (Å²) in [5, 5.41) is 6.28. The predicted molar refractivity (Wildman–Crippen MR) is 109 cm³/mol. The van der Waals surface area contributed by atoms with E-state index in [1.54, 1.807) is 12.3 Å². The number of anilines is 3. The molecule has 2 heterocycles. The Bertz CT molecular complexity index is 1030. The SMILES string of the molecule is CCc1cccc(C)c1NC(=O)c1cc(Nc2ccc3c(c2)OCO3)ccn1. The number of carbonyl (C=O) groups excluding carboxylic acids is 1. The summed E-state index contributed by atoms with van der Waals surface area (Å²) in [7, 11) is 0. The Morgan fingerprint density at radius 1 is 1.07 bits per heavy atom. The van der Waals surface area contributed by atoms with E-state index < -0.39 is 0 Å². The third-order valence-electron chi connectivity index (χ3n) is 4.63. The first-order chi connectivity index (χ1) is 13.6. The molecule has 4 rings (SSSR count). The summed E-state index contributed by atoms with van der Waals surface area (Å²) in [5.41, 5.74) is 4.93. The maximum Gasteiger partial charge on any atom is 0.274 e. The summed E-state index contributed by atoms with van der Waals surface area (Å²) in [6.45, 7) is 4.29. The third-order valence-corrected chi connectivity index (χ3v) is 4.63. The van der Waals surface area contributed by atoms with Crippen molar-refractivity contribution in [1.82, 2.24) is 4.98 Å². The summed E-state index contributed by atoms with van der Waals surface area (Å²) in [5.74, 6) is 1.19. The monoisotopic (exact) mass is 375 g/mol. The molecule has 3 aromatic rings. The second-order valence-corrected chi connectivity index (χ2v) is 6.54. The number of benzene rings is 2. The number of aromatic nitrogens is 1. The first-order valence-corrected chi connectivity index (χ1v) is 9.16. The number of nitrogens with one attached hydrogen (secondary N) is 2. The van der Waals surface area contributed by atoms with Gasteiger partial charge in [0.05, 0.1) is 0 Å². The van der Waals surface area contributed by atoms with Gasteiger partial charge in [-0.1, -0.05) is 25.1 Å². The summed E-state index contributed by atoms with van der Waals surface area (Å²) >= 11 is 0. The van der Waals surface area contributed by atoms with Gasteiger partial charge in [0.1, 0.15) is 5.69 Å². The van der Waals surface area contributed by atoms with Crippen LogP contribution < -0.4 is 20.1 Å². The van der Waals surface area contributed by atoms with Crippen LogP contribution in [0, 0.1) is 6.92 Å². The molecule has 0 saturated heterocycles. The Morgan fingerprint density at radius 3 is 2.75 bits per heavy atom. The predicted octanol–water partition coefficient (Wildman–Crippen LogP) is 4.68. The van der Waals surface area contributed by atoms with E-state index in [0.717, 1.165) is 40.4 Å². The number of para-hydroxylation sites is 1. The number of pyridine rings is 1. The number of amides is 1. The largest absolute Gasteiger partial charge is 0.454 e. The summed E-state index contributed by atoms with van der Waals surface area (Å²) in [4.78, 5) is 17.0. The number of fused-ring (bicyclic) bond motifs is 1. The topological polar surface area (TPSA) is 72.5 Å². The van der Waals surface area contributed by atoms with Gasteiger partial charge >= 0.3 is 0 Å². The zero-order valence-corrected chi connectivity index (χ0v) is 15.8. The van der Waals surface area contributed by atoms with Gasteiger partial charge in [-0.3, -0.25) is 9.78 Å². The molecule has 2 aromatic carbocycles. The van der Waals surface area contributed by atoms with Gasteiger partial charge in [-0.25, -0.2) is 0 Å². The van der Waals surface area contributed by atoms with Gasteiger partial charge in [0.25, 0.3) is 5.91 Å². The number of ether oxygens (including phenoxy) is 2. The first-order valence-electron chi connectivity index (χ1n) is 9.16. The zero-order valence-electron chi connectivity index (χ0n) is 15.8. The van der Waals surface area contributed by atoms with E-state index in [4.69, 9.17) is 9.47 Å². The average molecular weight is 375 g/mol. The van der Waals surface area contributed by atoms with E-state index in [-0.39, 0.29) is 12.7 Å². The molecule has 0 saturated carbocycles. The average Bonchev–Trinajstić information content (AvgIpc) is 3.17. The van der Waals surface area contributed by atoms with Crippen molar-refractivity contribution < 1.29 is 14.3 Å². The summed E-state index contributed by atoms with van der Waals surface area (Å²) in [6, 6.07) is 15.2. The molecule has 2 N–H and O–H groups in total. The Morgan fingerprint density at radius 2 is 1.89 bits per heavy atom. The molecule has 142 valence electrons. The molecular weight excluding hydrogens is 354 g/mol. The number of nitrogens with zero attached hydrogens (tertiary/aromatic N) is 1. The molecule has 0 unspecified atom stereocenters. The minimum Gasteiger partial charge on any atom is -0.454 e. The quantitative estimate of drug-likeness (QED) is 0.678. The lowest BCUT2D eigenvalue weighted by molar-refractivity contribution is 0.102. The van der Waals surface area contributed by atoms with Gasteiger partial charge in [-0.05, 0) is 48.7 Å². The fourth-order valence-electron chi connectivity index (χ4n) is 3.15. The van der Waals surface area contributed by atoms with Crippen LogP contribution in [0.15, 0.2) is 54.7 Å². The van der Waals surface area contributed by atoms with E-state index in [0.29, 0.717) is 11.4 Å². The van der Waals surface area contributed by atoms with Crippen molar-refractivity contribution >= 4 is 23.0 Å². The van der Waals surface area contributed by atoms with Gasteiger partial charge in [0, 0.05) is 29.3 Å². The third kappa shape index (κ3) is 3.62. The van der Waals surface area contributed by atoms with Crippen LogP contribution in [0.4, 0.5) is 17.1 Å². The maximum absolute atomic E-state index is 12.8. The van der Waals surface area contributed by atoms with Crippen LogP contribution in [-0.4, -0.2) is 17.7 Å². The molecule has 0 aliphatic carbocycles. The summed E-state index contributed by atoms with van der Waals surface area (Å²) < 4.78 is 10.7. The number of aryl methyl sites for hydroxylation is 2. The summed E-state index contributed by atoms with van der Waals surface area (Å²) in [6.07, 6.45) is 2.46. The van der Waals surface area contributed by atoms with E-state index in [1.807, 2.05) is 49.4 Å². The fraction of sp³-hybridized carbons (Fsp3) is 0.182. The second kappa shape index (κ2) is 7.60. The minimum atomic E-state index is -0.238. The molecule has 6 heteroatoms. The number of hydrogen-bond acceptors (Lipinski definition) is 5. The van der Waals surface area contributed by atoms with Gasteiger partial charge in [0.15, 0.2) is 11.5 Å². The standard InChI is InChI=1S/C22H21N3O3/c1-3-15-6-4-5-14(2)21(15)25-22(26)18-11-17(9-10-23-18)24-16-7-8-19-20(12-16)28-13-27-19/h4-12H,3,13H2,1-2H3,(H,23,24)(H,25,26). The van der Waals surface area contributed by atoms with Gasteiger partial charge in [-0.15, -0.1) is 0 Å². The molecule has 0 bridgehead atoms. The lowest BCUT2D eigenvalue weighted by Gasteiger charge is -2.13. The van der Waals surface area contributed by atoms with E-state index in [1.165, 1.54) is 0 Å². The van der Waals surface area contributed by atoms with Crippen LogP contribution in [0.5, 0.6) is 11.5 Å². The number of hydrogen-bond donors (Lipinski definition) is 2. The smallest absolute Gasteiger partial charge is 0.274 e. The Balaban J connectivity index is 1.53. The minimum absolute atomic E-state index is 0.233. The molecule has 6 nitrogen and oxygen atoms in total. The highest BCUT2D eigenvalue weighted by Gasteiger charge is 2.15. The van der Waals surface area contributed by atoms with Crippen molar-refractivity contribution in [3.8, 4) is 11.5 Å². The van der Waals surface area contributed by atoms with Gasteiger partial charge in [0.2, 0.25) is 6.79 Å². The van der Waals surface area contributed by atoms with Crippen molar-refractivity contribution in [3.63, 3.8) is 0 Å². The lowest BCUT2D eigenvalue weighted by Crippen LogP contribution is -2.16. The number of carbonyl (C=O) groups is 1. The molecular formula is C22H21N3O3. The second-order valence-electron chi connectivity index (χ2n) is 6.54. The normalized spacial score (nSPS) is 11.9. The van der Waals surface area contributed by atoms with E-state index in [9.17, 15) is 4.79 Å².